The van der Waals surface area contributed by atoms with Crippen LogP contribution in [0.15, 0.2) is 70.9 Å². The molecule has 1 amide bonds. The lowest BCUT2D eigenvalue weighted by molar-refractivity contribution is -0.113. The first kappa shape index (κ1) is 19.9. The molecule has 0 aliphatic rings. The van der Waals surface area contributed by atoms with Gasteiger partial charge in [-0.25, -0.2) is 9.97 Å². The fourth-order valence-electron chi connectivity index (χ4n) is 3.07. The van der Waals surface area contributed by atoms with E-state index >= 15 is 0 Å². The van der Waals surface area contributed by atoms with Gasteiger partial charge in [-0.3, -0.25) is 14.2 Å². The molecule has 2 aromatic heterocycles. The minimum atomic E-state index is -0.314. The molecular weight excluding hydrogens is 398 g/mol. The predicted octanol–water partition coefficient (Wildman–Crippen LogP) is 3.96. The Labute approximate surface area is 177 Å². The summed E-state index contributed by atoms with van der Waals surface area (Å²) in [4.78, 5) is 35.9. The van der Waals surface area contributed by atoms with Gasteiger partial charge in [0.15, 0.2) is 16.3 Å². The van der Waals surface area contributed by atoms with Gasteiger partial charge in [-0.15, -0.1) is 0 Å². The van der Waals surface area contributed by atoms with Crippen LogP contribution in [0.5, 0.6) is 0 Å². The molecule has 30 heavy (non-hydrogen) atoms. The maximum absolute atomic E-state index is 12.5. The number of nitrogens with zero attached hydrogens (tertiary/aromatic N) is 3. The molecule has 2 N–H and O–H groups in total. The lowest BCUT2D eigenvalue weighted by atomic mass is 10.0. The molecule has 2 heterocycles. The van der Waals surface area contributed by atoms with E-state index in [-0.39, 0.29) is 22.7 Å². The van der Waals surface area contributed by atoms with Crippen molar-refractivity contribution >= 4 is 34.5 Å². The Morgan fingerprint density at radius 3 is 2.57 bits per heavy atom. The molecule has 4 rings (SSSR count). The summed E-state index contributed by atoms with van der Waals surface area (Å²) in [6.07, 6.45) is 1.35. The summed E-state index contributed by atoms with van der Waals surface area (Å²) < 4.78 is 1.79. The van der Waals surface area contributed by atoms with Gasteiger partial charge in [0.2, 0.25) is 5.91 Å². The second-order valence-corrected chi connectivity index (χ2v) is 8.03. The van der Waals surface area contributed by atoms with Gasteiger partial charge in [-0.05, 0) is 35.7 Å². The van der Waals surface area contributed by atoms with E-state index in [9.17, 15) is 9.59 Å². The molecule has 2 aromatic carbocycles. The number of rotatable bonds is 6. The number of carbonyl (C=O) groups excluding carboxylic acids is 1. The molecule has 0 unspecified atom stereocenters. The molecule has 0 radical (unpaired) electrons. The van der Waals surface area contributed by atoms with Crippen LogP contribution in [0, 0.1) is 0 Å². The number of aromatic amines is 1. The summed E-state index contributed by atoms with van der Waals surface area (Å²) in [5, 5.41) is 3.44. The third-order valence-electron chi connectivity index (χ3n) is 4.63. The van der Waals surface area contributed by atoms with E-state index in [0.29, 0.717) is 16.7 Å². The number of thioether (sulfide) groups is 1. The highest BCUT2D eigenvalue weighted by atomic mass is 32.2. The number of para-hydroxylation sites is 1. The van der Waals surface area contributed by atoms with Crippen LogP contribution < -0.4 is 10.9 Å². The molecule has 0 fully saturated rings. The molecule has 8 heteroatoms. The smallest absolute Gasteiger partial charge is 0.278 e. The number of benzene rings is 2. The average Bonchev–Trinajstić information content (AvgIpc) is 3.13. The number of H-pyrrole nitrogens is 1. The standard InChI is InChI=1S/C22H21N5O2S/c1-14(2)15-8-10-16(11-9-15)25-18(28)12-30-22-26-19-20(23-13-24-21(19)29)27(22)17-6-4-3-5-7-17/h3-11,13-14H,12H2,1-2H3,(H,25,28)(H,23,24,29). The van der Waals surface area contributed by atoms with Crippen molar-refractivity contribution in [2.45, 2.75) is 24.9 Å². The zero-order chi connectivity index (χ0) is 21.1. The van der Waals surface area contributed by atoms with Crippen molar-refractivity contribution in [1.29, 1.82) is 0 Å². The number of hydrogen-bond acceptors (Lipinski definition) is 5. The van der Waals surface area contributed by atoms with Crippen LogP contribution in [0.3, 0.4) is 0 Å². The van der Waals surface area contributed by atoms with Crippen molar-refractivity contribution in [3.05, 3.63) is 76.8 Å². The summed E-state index contributed by atoms with van der Waals surface area (Å²) >= 11 is 1.26. The molecule has 0 saturated carbocycles. The molecule has 152 valence electrons. The Morgan fingerprint density at radius 1 is 1.13 bits per heavy atom. The van der Waals surface area contributed by atoms with Gasteiger partial charge >= 0.3 is 0 Å². The van der Waals surface area contributed by atoms with Crippen LogP contribution in [0.4, 0.5) is 5.69 Å². The monoisotopic (exact) mass is 419 g/mol. The summed E-state index contributed by atoms with van der Waals surface area (Å²) in [6.45, 7) is 4.26. The largest absolute Gasteiger partial charge is 0.325 e. The van der Waals surface area contributed by atoms with Gasteiger partial charge in [0.1, 0.15) is 0 Å². The lowest BCUT2D eigenvalue weighted by Gasteiger charge is -2.09. The summed E-state index contributed by atoms with van der Waals surface area (Å²) in [5.74, 6) is 0.443. The van der Waals surface area contributed by atoms with Crippen molar-refractivity contribution in [2.75, 3.05) is 11.1 Å². The number of nitrogens with one attached hydrogen (secondary N) is 2. The highest BCUT2D eigenvalue weighted by molar-refractivity contribution is 7.99. The average molecular weight is 420 g/mol. The van der Waals surface area contributed by atoms with Crippen molar-refractivity contribution in [3.8, 4) is 5.69 Å². The minimum Gasteiger partial charge on any atom is -0.325 e. The fourth-order valence-corrected chi connectivity index (χ4v) is 3.88. The maximum atomic E-state index is 12.5. The molecule has 0 aliphatic carbocycles. The summed E-state index contributed by atoms with van der Waals surface area (Å²) in [6, 6.07) is 17.4. The van der Waals surface area contributed by atoms with Crippen LogP contribution in [0.1, 0.15) is 25.3 Å². The van der Waals surface area contributed by atoms with Crippen LogP contribution in [-0.2, 0) is 4.79 Å². The van der Waals surface area contributed by atoms with Crippen molar-refractivity contribution < 1.29 is 4.79 Å². The van der Waals surface area contributed by atoms with E-state index in [4.69, 9.17) is 0 Å². The predicted molar refractivity (Wildman–Crippen MR) is 119 cm³/mol. The van der Waals surface area contributed by atoms with E-state index in [1.54, 1.807) is 4.57 Å². The van der Waals surface area contributed by atoms with Crippen LogP contribution in [0.25, 0.3) is 16.9 Å². The van der Waals surface area contributed by atoms with Crippen LogP contribution in [0.2, 0.25) is 0 Å². The lowest BCUT2D eigenvalue weighted by Crippen LogP contribution is -2.14. The molecular formula is C22H21N5O2S. The molecule has 7 nitrogen and oxygen atoms in total. The Bertz CT molecular complexity index is 1230. The number of anilines is 1. The number of amides is 1. The van der Waals surface area contributed by atoms with E-state index in [1.165, 1.54) is 23.7 Å². The van der Waals surface area contributed by atoms with Crippen molar-refractivity contribution in [1.82, 2.24) is 19.5 Å². The molecule has 0 spiro atoms. The molecule has 0 aliphatic heterocycles. The zero-order valence-electron chi connectivity index (χ0n) is 16.6. The van der Waals surface area contributed by atoms with Crippen molar-refractivity contribution in [2.24, 2.45) is 0 Å². The van der Waals surface area contributed by atoms with E-state index in [1.807, 2.05) is 54.6 Å². The maximum Gasteiger partial charge on any atom is 0.278 e. The summed E-state index contributed by atoms with van der Waals surface area (Å²) in [5.41, 5.74) is 3.18. The second kappa shape index (κ2) is 8.54. The third kappa shape index (κ3) is 4.13. The zero-order valence-corrected chi connectivity index (χ0v) is 17.4. The third-order valence-corrected chi connectivity index (χ3v) is 5.57. The first-order valence-corrected chi connectivity index (χ1v) is 10.6. The number of hydrogen-bond donors (Lipinski definition) is 2. The first-order valence-electron chi connectivity index (χ1n) is 9.57. The van der Waals surface area contributed by atoms with Gasteiger partial charge in [0.05, 0.1) is 12.1 Å². The Balaban J connectivity index is 1.56. The van der Waals surface area contributed by atoms with Gasteiger partial charge in [0, 0.05) is 11.4 Å². The molecule has 0 saturated heterocycles. The van der Waals surface area contributed by atoms with Gasteiger partial charge in [-0.2, -0.15) is 0 Å². The molecule has 0 bridgehead atoms. The molecule has 0 atom stereocenters. The second-order valence-electron chi connectivity index (χ2n) is 7.08. The first-order chi connectivity index (χ1) is 14.5. The highest BCUT2D eigenvalue weighted by Crippen LogP contribution is 2.25. The van der Waals surface area contributed by atoms with Crippen LogP contribution in [-0.4, -0.2) is 31.2 Å². The van der Waals surface area contributed by atoms with Gasteiger partial charge in [-0.1, -0.05) is 55.9 Å². The fraction of sp³-hybridized carbons (Fsp3) is 0.182. The number of imidazole rings is 1. The van der Waals surface area contributed by atoms with E-state index in [0.717, 1.165) is 11.4 Å². The van der Waals surface area contributed by atoms with E-state index < -0.39 is 0 Å². The molecule has 4 aromatic rings. The van der Waals surface area contributed by atoms with Crippen LogP contribution >= 0.6 is 11.8 Å². The Hall–Kier alpha value is -3.39. The minimum absolute atomic E-state index is 0.147. The summed E-state index contributed by atoms with van der Waals surface area (Å²) in [7, 11) is 0. The topological polar surface area (TPSA) is 92.7 Å². The quantitative estimate of drug-likeness (QED) is 0.462. The van der Waals surface area contributed by atoms with E-state index in [2.05, 4.69) is 34.1 Å². The van der Waals surface area contributed by atoms with Gasteiger partial charge in [0.25, 0.3) is 5.56 Å². The highest BCUT2D eigenvalue weighted by Gasteiger charge is 2.17. The number of fused-ring (bicyclic) bond motifs is 1. The Morgan fingerprint density at radius 2 is 1.87 bits per heavy atom. The van der Waals surface area contributed by atoms with Crippen molar-refractivity contribution in [3.63, 3.8) is 0 Å². The van der Waals surface area contributed by atoms with Gasteiger partial charge < -0.3 is 10.3 Å². The number of carbonyl (C=O) groups is 1. The SMILES string of the molecule is CC(C)c1ccc(NC(=O)CSc2nc3c(=O)[nH]cnc3n2-c2ccccc2)cc1. The normalized spacial score (nSPS) is 11.2. The number of aromatic nitrogens is 4. The Kier molecular flexibility index (Phi) is 5.67.